The van der Waals surface area contributed by atoms with Crippen LogP contribution in [0.15, 0.2) is 54.6 Å². The van der Waals surface area contributed by atoms with Crippen molar-refractivity contribution in [2.45, 2.75) is 25.3 Å². The molecular formula is C21H23N5O2. The average Bonchev–Trinajstić information content (AvgIpc) is 3.37. The minimum atomic E-state index is -0.691. The number of nitrogens with zero attached hydrogens (tertiary/aromatic N) is 2. The topological polar surface area (TPSA) is 90.1 Å². The van der Waals surface area contributed by atoms with Crippen molar-refractivity contribution in [3.05, 3.63) is 60.2 Å². The number of nitrogens with one attached hydrogen (secondary N) is 3. The number of carbonyl (C=O) groups excluding carboxylic acids is 2. The first-order valence-corrected chi connectivity index (χ1v) is 9.54. The fourth-order valence-corrected chi connectivity index (χ4v) is 3.44. The molecule has 0 unspecified atom stereocenters. The number of fused-ring (bicyclic) bond motifs is 1. The Labute approximate surface area is 163 Å². The summed E-state index contributed by atoms with van der Waals surface area (Å²) in [6, 6.07) is 16.3. The SMILES string of the molecule is O=C(Nc1nc2ccccc2[nH]1)[C@H](Cc1ccccc1)NC(=O)N1CCCC1. The largest absolute Gasteiger partial charge is 0.326 e. The summed E-state index contributed by atoms with van der Waals surface area (Å²) in [5, 5.41) is 5.70. The average molecular weight is 377 g/mol. The number of urea groups is 1. The molecule has 0 radical (unpaired) electrons. The summed E-state index contributed by atoms with van der Waals surface area (Å²) in [6.45, 7) is 1.46. The molecule has 0 saturated carbocycles. The first-order valence-electron chi connectivity index (χ1n) is 9.54. The van der Waals surface area contributed by atoms with Crippen molar-refractivity contribution >= 4 is 28.9 Å². The number of hydrogen-bond acceptors (Lipinski definition) is 3. The van der Waals surface area contributed by atoms with Crippen LogP contribution in [0.25, 0.3) is 11.0 Å². The van der Waals surface area contributed by atoms with Gasteiger partial charge in [-0.25, -0.2) is 9.78 Å². The van der Waals surface area contributed by atoms with Crippen LogP contribution in [0.2, 0.25) is 0 Å². The fourth-order valence-electron chi connectivity index (χ4n) is 3.44. The van der Waals surface area contributed by atoms with Gasteiger partial charge in [0.1, 0.15) is 6.04 Å². The molecule has 0 spiro atoms. The second-order valence-corrected chi connectivity index (χ2v) is 6.98. The lowest BCUT2D eigenvalue weighted by atomic mass is 10.1. The highest BCUT2D eigenvalue weighted by Gasteiger charge is 2.26. The van der Waals surface area contributed by atoms with Gasteiger partial charge < -0.3 is 15.2 Å². The summed E-state index contributed by atoms with van der Waals surface area (Å²) in [7, 11) is 0. The van der Waals surface area contributed by atoms with E-state index in [0.717, 1.165) is 42.5 Å². The molecule has 0 bridgehead atoms. The van der Waals surface area contributed by atoms with Gasteiger partial charge in [0.2, 0.25) is 11.9 Å². The van der Waals surface area contributed by atoms with E-state index in [0.29, 0.717) is 12.4 Å². The monoisotopic (exact) mass is 377 g/mol. The summed E-state index contributed by atoms with van der Waals surface area (Å²) < 4.78 is 0. The van der Waals surface area contributed by atoms with Crippen molar-refractivity contribution in [1.29, 1.82) is 0 Å². The Morgan fingerprint density at radius 3 is 2.50 bits per heavy atom. The molecule has 28 heavy (non-hydrogen) atoms. The van der Waals surface area contributed by atoms with Gasteiger partial charge in [-0.1, -0.05) is 42.5 Å². The highest BCUT2D eigenvalue weighted by molar-refractivity contribution is 5.97. The van der Waals surface area contributed by atoms with E-state index in [-0.39, 0.29) is 11.9 Å². The van der Waals surface area contributed by atoms with Gasteiger partial charge in [-0.15, -0.1) is 0 Å². The maximum absolute atomic E-state index is 12.9. The van der Waals surface area contributed by atoms with Crippen molar-refractivity contribution < 1.29 is 9.59 Å². The quantitative estimate of drug-likeness (QED) is 0.639. The third-order valence-corrected chi connectivity index (χ3v) is 4.92. The van der Waals surface area contributed by atoms with Crippen LogP contribution in [0.3, 0.4) is 0 Å². The smallest absolute Gasteiger partial charge is 0.318 e. The van der Waals surface area contributed by atoms with Crippen LogP contribution in [0, 0.1) is 0 Å². The Morgan fingerprint density at radius 2 is 1.75 bits per heavy atom. The molecule has 1 atom stereocenters. The molecule has 1 aliphatic rings. The Kier molecular flexibility index (Phi) is 5.23. The van der Waals surface area contributed by atoms with Gasteiger partial charge in [-0.3, -0.25) is 10.1 Å². The van der Waals surface area contributed by atoms with Crippen molar-refractivity contribution in [2.75, 3.05) is 18.4 Å². The third kappa shape index (κ3) is 4.14. The number of para-hydroxylation sites is 2. The molecule has 4 rings (SSSR count). The first-order chi connectivity index (χ1) is 13.7. The summed E-state index contributed by atoms with van der Waals surface area (Å²) in [5.41, 5.74) is 2.60. The number of rotatable bonds is 5. The molecule has 3 N–H and O–H groups in total. The number of H-pyrrole nitrogens is 1. The van der Waals surface area contributed by atoms with Crippen molar-refractivity contribution in [2.24, 2.45) is 0 Å². The van der Waals surface area contributed by atoms with Crippen molar-refractivity contribution in [3.8, 4) is 0 Å². The molecule has 0 aliphatic carbocycles. The molecule has 1 aliphatic heterocycles. The molecular weight excluding hydrogens is 354 g/mol. The van der Waals surface area contributed by atoms with Gasteiger partial charge in [0.15, 0.2) is 0 Å². The van der Waals surface area contributed by atoms with Gasteiger partial charge in [-0.05, 0) is 30.5 Å². The molecule has 1 fully saturated rings. The lowest BCUT2D eigenvalue weighted by Gasteiger charge is -2.22. The van der Waals surface area contributed by atoms with E-state index in [4.69, 9.17) is 0 Å². The normalized spacial score (nSPS) is 14.8. The maximum atomic E-state index is 12.9. The van der Waals surface area contributed by atoms with Crippen LogP contribution in [-0.2, 0) is 11.2 Å². The van der Waals surface area contributed by atoms with Gasteiger partial charge in [0.25, 0.3) is 0 Å². The van der Waals surface area contributed by atoms with Crippen LogP contribution in [-0.4, -0.2) is 45.9 Å². The molecule has 1 aromatic heterocycles. The van der Waals surface area contributed by atoms with E-state index in [1.165, 1.54) is 0 Å². The highest BCUT2D eigenvalue weighted by atomic mass is 16.2. The van der Waals surface area contributed by atoms with Crippen LogP contribution in [0.1, 0.15) is 18.4 Å². The van der Waals surface area contributed by atoms with Crippen LogP contribution < -0.4 is 10.6 Å². The lowest BCUT2D eigenvalue weighted by Crippen LogP contribution is -2.50. The zero-order valence-electron chi connectivity index (χ0n) is 15.5. The van der Waals surface area contributed by atoms with E-state index in [9.17, 15) is 9.59 Å². The molecule has 144 valence electrons. The van der Waals surface area contributed by atoms with Crippen molar-refractivity contribution in [1.82, 2.24) is 20.2 Å². The van der Waals surface area contributed by atoms with E-state index < -0.39 is 6.04 Å². The predicted molar refractivity (Wildman–Crippen MR) is 108 cm³/mol. The number of aromatic amines is 1. The Hall–Kier alpha value is -3.35. The minimum Gasteiger partial charge on any atom is -0.326 e. The number of hydrogen-bond donors (Lipinski definition) is 3. The van der Waals surface area contributed by atoms with Gasteiger partial charge in [-0.2, -0.15) is 0 Å². The number of likely N-dealkylation sites (tertiary alicyclic amines) is 1. The number of amides is 3. The number of imidazole rings is 1. The number of benzene rings is 2. The highest BCUT2D eigenvalue weighted by Crippen LogP contribution is 2.14. The zero-order valence-corrected chi connectivity index (χ0v) is 15.5. The van der Waals surface area contributed by atoms with E-state index in [1.807, 2.05) is 54.6 Å². The molecule has 7 heteroatoms. The molecule has 2 aromatic carbocycles. The maximum Gasteiger partial charge on any atom is 0.318 e. The Bertz CT molecular complexity index is 930. The first kappa shape index (κ1) is 18.0. The molecule has 3 amide bonds. The van der Waals surface area contributed by atoms with E-state index in [1.54, 1.807) is 4.90 Å². The van der Waals surface area contributed by atoms with Gasteiger partial charge in [0, 0.05) is 19.5 Å². The standard InChI is InChI=1S/C21H23N5O2/c27-19(25-20-22-16-10-4-5-11-17(16)23-20)18(14-15-8-2-1-3-9-15)24-21(28)26-12-6-7-13-26/h1-5,8-11,18H,6-7,12-14H2,(H,24,28)(H2,22,23,25,27)/t18-/m0/s1. The third-order valence-electron chi connectivity index (χ3n) is 4.92. The summed E-state index contributed by atoms with van der Waals surface area (Å²) >= 11 is 0. The Balaban J connectivity index is 1.50. The van der Waals surface area contributed by atoms with E-state index >= 15 is 0 Å². The summed E-state index contributed by atoms with van der Waals surface area (Å²) in [5.74, 6) is 0.0788. The van der Waals surface area contributed by atoms with Gasteiger partial charge >= 0.3 is 6.03 Å². The predicted octanol–water partition coefficient (Wildman–Crippen LogP) is 2.92. The van der Waals surface area contributed by atoms with Crippen LogP contribution in [0.5, 0.6) is 0 Å². The van der Waals surface area contributed by atoms with Gasteiger partial charge in [0.05, 0.1) is 11.0 Å². The molecule has 1 saturated heterocycles. The number of aromatic nitrogens is 2. The van der Waals surface area contributed by atoms with Crippen molar-refractivity contribution in [3.63, 3.8) is 0 Å². The molecule has 7 nitrogen and oxygen atoms in total. The second-order valence-electron chi connectivity index (χ2n) is 6.98. The van der Waals surface area contributed by atoms with Crippen LogP contribution >= 0.6 is 0 Å². The Morgan fingerprint density at radius 1 is 1.04 bits per heavy atom. The number of anilines is 1. The fraction of sp³-hybridized carbons (Fsp3) is 0.286. The van der Waals surface area contributed by atoms with E-state index in [2.05, 4.69) is 20.6 Å². The second kappa shape index (κ2) is 8.12. The summed E-state index contributed by atoms with van der Waals surface area (Å²) in [4.78, 5) is 34.7. The summed E-state index contributed by atoms with van der Waals surface area (Å²) in [6.07, 6.45) is 2.41. The number of carbonyl (C=O) groups is 2. The lowest BCUT2D eigenvalue weighted by molar-refractivity contribution is -0.118. The minimum absolute atomic E-state index is 0.196. The van der Waals surface area contributed by atoms with Crippen LogP contribution in [0.4, 0.5) is 10.7 Å². The molecule has 2 heterocycles. The zero-order chi connectivity index (χ0) is 19.3. The molecule has 3 aromatic rings.